The van der Waals surface area contributed by atoms with Crippen molar-refractivity contribution in [2.75, 3.05) is 5.73 Å². The number of hydrogen-bond acceptors (Lipinski definition) is 6. The average molecular weight is 276 g/mol. The Balaban J connectivity index is 2.11. The summed E-state index contributed by atoms with van der Waals surface area (Å²) in [7, 11) is 1.79. The summed E-state index contributed by atoms with van der Waals surface area (Å²) in [5.41, 5.74) is 7.45. The lowest BCUT2D eigenvalue weighted by Crippen LogP contribution is -2.17. The predicted molar refractivity (Wildman–Crippen MR) is 73.1 cm³/mol. The number of nitrogens with zero attached hydrogens (tertiary/aromatic N) is 5. The molecule has 0 bridgehead atoms. The van der Waals surface area contributed by atoms with E-state index >= 15 is 0 Å². The van der Waals surface area contributed by atoms with Crippen LogP contribution >= 0.6 is 11.3 Å². The molecule has 0 amide bonds. The molecule has 3 aromatic heterocycles. The van der Waals surface area contributed by atoms with E-state index in [0.29, 0.717) is 23.8 Å². The maximum absolute atomic E-state index is 11.7. The Morgan fingerprint density at radius 2 is 2.21 bits per heavy atom. The molecule has 3 heterocycles. The number of anilines is 1. The van der Waals surface area contributed by atoms with Crippen LogP contribution in [0.1, 0.15) is 11.5 Å². The molecule has 0 aliphatic carbocycles. The summed E-state index contributed by atoms with van der Waals surface area (Å²) in [4.78, 5) is 20.3. The Bertz CT molecular complexity index is 814. The first-order chi connectivity index (χ1) is 9.06. The number of thiazole rings is 1. The van der Waals surface area contributed by atoms with E-state index in [1.807, 2.05) is 12.3 Å². The molecule has 0 aromatic carbocycles. The summed E-state index contributed by atoms with van der Waals surface area (Å²) >= 11 is 1.17. The molecule has 0 unspecified atom stereocenters. The van der Waals surface area contributed by atoms with Gasteiger partial charge in [0.15, 0.2) is 11.5 Å². The normalized spacial score (nSPS) is 11.3. The topological polar surface area (TPSA) is 91.6 Å². The third-order valence-electron chi connectivity index (χ3n) is 2.94. The Hall–Kier alpha value is -2.22. The van der Waals surface area contributed by atoms with Crippen LogP contribution in [-0.2, 0) is 13.6 Å². The zero-order chi connectivity index (χ0) is 13.6. The van der Waals surface area contributed by atoms with Crippen LogP contribution in [0.4, 0.5) is 5.82 Å². The monoisotopic (exact) mass is 276 g/mol. The molecule has 0 saturated heterocycles. The van der Waals surface area contributed by atoms with E-state index in [-0.39, 0.29) is 4.87 Å². The molecule has 2 N–H and O–H groups in total. The van der Waals surface area contributed by atoms with Crippen molar-refractivity contribution in [1.29, 1.82) is 0 Å². The zero-order valence-electron chi connectivity index (χ0n) is 10.5. The first-order valence-corrected chi connectivity index (χ1v) is 6.53. The van der Waals surface area contributed by atoms with Gasteiger partial charge in [-0.05, 0) is 6.92 Å². The fourth-order valence-corrected chi connectivity index (χ4v) is 2.63. The van der Waals surface area contributed by atoms with Gasteiger partial charge in [-0.3, -0.25) is 14.0 Å². The Morgan fingerprint density at radius 1 is 1.42 bits per heavy atom. The molecule has 3 rings (SSSR count). The fourth-order valence-electron chi connectivity index (χ4n) is 1.90. The van der Waals surface area contributed by atoms with E-state index in [9.17, 15) is 4.79 Å². The van der Waals surface area contributed by atoms with Crippen molar-refractivity contribution in [2.24, 2.45) is 7.05 Å². The number of hydrogen-bond donors (Lipinski definition) is 1. The Kier molecular flexibility index (Phi) is 2.59. The molecule has 3 aromatic rings. The molecule has 7 nitrogen and oxygen atoms in total. The predicted octanol–water partition coefficient (Wildman–Crippen LogP) is 0.525. The van der Waals surface area contributed by atoms with Gasteiger partial charge in [-0.1, -0.05) is 11.3 Å². The molecule has 8 heteroatoms. The lowest BCUT2D eigenvalue weighted by Gasteiger charge is -2.05. The van der Waals surface area contributed by atoms with Crippen LogP contribution in [0, 0.1) is 6.92 Å². The number of nitrogens with two attached hydrogens (primary N) is 1. The number of fused-ring (bicyclic) bond motifs is 1. The van der Waals surface area contributed by atoms with Crippen LogP contribution in [0.15, 0.2) is 16.4 Å². The van der Waals surface area contributed by atoms with Crippen molar-refractivity contribution in [1.82, 2.24) is 24.3 Å². The van der Waals surface area contributed by atoms with Crippen LogP contribution in [0.2, 0.25) is 0 Å². The summed E-state index contributed by atoms with van der Waals surface area (Å²) in [6.45, 7) is 2.20. The largest absolute Gasteiger partial charge is 0.383 e. The number of rotatable bonds is 2. The molecule has 0 spiro atoms. The minimum atomic E-state index is -0.0234. The number of aryl methyl sites for hydroxylation is 2. The van der Waals surface area contributed by atoms with E-state index in [4.69, 9.17) is 5.73 Å². The van der Waals surface area contributed by atoms with Crippen molar-refractivity contribution in [3.63, 3.8) is 0 Å². The quantitative estimate of drug-likeness (QED) is 0.737. The molecule has 0 atom stereocenters. The van der Waals surface area contributed by atoms with Gasteiger partial charge in [0.25, 0.3) is 0 Å². The standard InChI is InChI=1S/C11H12N6OS/c1-6-5-19-11(18)17(6)4-8-14-9(12)7-3-13-16(2)10(7)15-8/h3,5H,4H2,1-2H3,(H2,12,14,15). The van der Waals surface area contributed by atoms with Gasteiger partial charge in [0.2, 0.25) is 0 Å². The van der Waals surface area contributed by atoms with Crippen molar-refractivity contribution in [2.45, 2.75) is 13.5 Å². The van der Waals surface area contributed by atoms with E-state index in [2.05, 4.69) is 15.1 Å². The van der Waals surface area contributed by atoms with E-state index in [1.54, 1.807) is 22.5 Å². The summed E-state index contributed by atoms with van der Waals surface area (Å²) in [5, 5.41) is 6.63. The second-order valence-corrected chi connectivity index (χ2v) is 5.08. The molecule has 0 aliphatic rings. The first kappa shape index (κ1) is 11.8. The molecule has 19 heavy (non-hydrogen) atoms. The van der Waals surface area contributed by atoms with Gasteiger partial charge in [0.1, 0.15) is 5.82 Å². The SMILES string of the molecule is Cc1csc(=O)n1Cc1nc(N)c2cnn(C)c2n1. The number of aromatic nitrogens is 5. The summed E-state index contributed by atoms with van der Waals surface area (Å²) in [5.74, 6) is 0.895. The van der Waals surface area contributed by atoms with E-state index in [1.165, 1.54) is 11.3 Å². The summed E-state index contributed by atoms with van der Waals surface area (Å²) in [6.07, 6.45) is 1.64. The molecule has 0 fully saturated rings. The smallest absolute Gasteiger partial charge is 0.307 e. The highest BCUT2D eigenvalue weighted by molar-refractivity contribution is 7.07. The fraction of sp³-hybridized carbons (Fsp3) is 0.273. The van der Waals surface area contributed by atoms with Crippen molar-refractivity contribution in [3.05, 3.63) is 32.8 Å². The van der Waals surface area contributed by atoms with Gasteiger partial charge in [0, 0.05) is 18.1 Å². The van der Waals surface area contributed by atoms with E-state index < -0.39 is 0 Å². The van der Waals surface area contributed by atoms with Crippen LogP contribution in [0.3, 0.4) is 0 Å². The van der Waals surface area contributed by atoms with E-state index in [0.717, 1.165) is 11.1 Å². The van der Waals surface area contributed by atoms with Crippen LogP contribution in [0.5, 0.6) is 0 Å². The van der Waals surface area contributed by atoms with Crippen molar-refractivity contribution in [3.8, 4) is 0 Å². The second-order valence-electron chi connectivity index (χ2n) is 4.26. The molecular formula is C11H12N6OS. The molecular weight excluding hydrogens is 264 g/mol. The van der Waals surface area contributed by atoms with Gasteiger partial charge in [-0.2, -0.15) is 5.10 Å². The lowest BCUT2D eigenvalue weighted by molar-refractivity contribution is 0.709. The second kappa shape index (κ2) is 4.16. The van der Waals surface area contributed by atoms with Gasteiger partial charge < -0.3 is 5.73 Å². The third-order valence-corrected chi connectivity index (χ3v) is 3.82. The summed E-state index contributed by atoms with van der Waals surface area (Å²) < 4.78 is 3.27. The van der Waals surface area contributed by atoms with Crippen LogP contribution in [-0.4, -0.2) is 24.3 Å². The van der Waals surface area contributed by atoms with Gasteiger partial charge in [-0.15, -0.1) is 0 Å². The molecule has 0 saturated carbocycles. The number of nitrogen functional groups attached to an aromatic ring is 1. The highest BCUT2D eigenvalue weighted by atomic mass is 32.1. The van der Waals surface area contributed by atoms with Crippen LogP contribution < -0.4 is 10.6 Å². The average Bonchev–Trinajstić information content (AvgIpc) is 2.88. The molecule has 98 valence electrons. The lowest BCUT2D eigenvalue weighted by atomic mass is 10.4. The van der Waals surface area contributed by atoms with Gasteiger partial charge >= 0.3 is 4.87 Å². The third kappa shape index (κ3) is 1.89. The maximum Gasteiger partial charge on any atom is 0.307 e. The highest BCUT2D eigenvalue weighted by Gasteiger charge is 2.11. The summed E-state index contributed by atoms with van der Waals surface area (Å²) in [6, 6.07) is 0. The van der Waals surface area contributed by atoms with Gasteiger partial charge in [-0.25, -0.2) is 9.97 Å². The maximum atomic E-state index is 11.7. The highest BCUT2D eigenvalue weighted by Crippen LogP contribution is 2.16. The molecule has 0 aliphatic heterocycles. The zero-order valence-corrected chi connectivity index (χ0v) is 11.3. The van der Waals surface area contributed by atoms with Crippen LogP contribution in [0.25, 0.3) is 11.0 Å². The Labute approximate surface area is 112 Å². The minimum absolute atomic E-state index is 0.0234. The van der Waals surface area contributed by atoms with Crippen molar-refractivity contribution >= 4 is 28.2 Å². The van der Waals surface area contributed by atoms with Gasteiger partial charge in [0.05, 0.1) is 18.1 Å². The van der Waals surface area contributed by atoms with Crippen molar-refractivity contribution < 1.29 is 0 Å². The minimum Gasteiger partial charge on any atom is -0.383 e. The molecule has 0 radical (unpaired) electrons. The first-order valence-electron chi connectivity index (χ1n) is 5.65. The Morgan fingerprint density at radius 3 is 2.89 bits per heavy atom.